The highest BCUT2D eigenvalue weighted by Crippen LogP contribution is 2.29. The second kappa shape index (κ2) is 9.93. The number of hydrogen-bond acceptors (Lipinski definition) is 7. The third-order valence-electron chi connectivity index (χ3n) is 5.90. The molecule has 0 radical (unpaired) electrons. The zero-order valence-corrected chi connectivity index (χ0v) is 19.5. The third-order valence-corrected chi connectivity index (χ3v) is 7.33. The predicted octanol–water partition coefficient (Wildman–Crippen LogP) is 2.61. The molecule has 0 saturated carbocycles. The third kappa shape index (κ3) is 4.92. The summed E-state index contributed by atoms with van der Waals surface area (Å²) in [4.78, 5) is 9.51. The molecule has 32 heavy (non-hydrogen) atoms. The molecule has 0 atom stereocenters. The quantitative estimate of drug-likeness (QED) is 0.423. The van der Waals surface area contributed by atoms with E-state index >= 15 is 0 Å². The van der Waals surface area contributed by atoms with E-state index in [1.807, 2.05) is 10.9 Å². The first-order valence-corrected chi connectivity index (χ1v) is 12.7. The van der Waals surface area contributed by atoms with Crippen molar-refractivity contribution in [2.24, 2.45) is 5.92 Å². The number of rotatable bonds is 9. The number of unbranched alkanes of at least 4 members (excludes halogenated alkanes) is 1. The highest BCUT2D eigenvalue weighted by molar-refractivity contribution is 7.89. The van der Waals surface area contributed by atoms with Gasteiger partial charge in [0.2, 0.25) is 16.0 Å². The van der Waals surface area contributed by atoms with Crippen LogP contribution >= 0.6 is 0 Å². The van der Waals surface area contributed by atoms with Crippen molar-refractivity contribution in [1.29, 1.82) is 0 Å². The average Bonchev–Trinajstić information content (AvgIpc) is 3.17. The molecule has 2 aromatic heterocycles. The van der Waals surface area contributed by atoms with E-state index in [4.69, 9.17) is 10.1 Å². The molecule has 0 bridgehead atoms. The highest BCUT2D eigenvalue weighted by Gasteiger charge is 2.20. The smallest absolute Gasteiger partial charge is 0.240 e. The van der Waals surface area contributed by atoms with Crippen LogP contribution < -0.4 is 15.4 Å². The number of hydrogen-bond donors (Lipinski definition) is 3. The summed E-state index contributed by atoms with van der Waals surface area (Å²) in [5, 5.41) is 12.5. The number of nitrogens with zero attached hydrogens (tertiary/aromatic N) is 4. The molecule has 1 fully saturated rings. The van der Waals surface area contributed by atoms with Crippen LogP contribution in [0.25, 0.3) is 22.3 Å². The Morgan fingerprint density at radius 2 is 1.94 bits per heavy atom. The molecule has 1 aliphatic heterocycles. The van der Waals surface area contributed by atoms with Gasteiger partial charge in [0, 0.05) is 24.8 Å². The number of anilines is 1. The van der Waals surface area contributed by atoms with Crippen molar-refractivity contribution in [3.8, 4) is 11.3 Å². The number of aromatic nitrogens is 4. The summed E-state index contributed by atoms with van der Waals surface area (Å²) in [6.07, 6.45) is 6.20. The Hall–Kier alpha value is -2.56. The van der Waals surface area contributed by atoms with Gasteiger partial charge in [-0.15, -0.1) is 0 Å². The van der Waals surface area contributed by atoms with Gasteiger partial charge in [0.05, 0.1) is 10.3 Å². The minimum atomic E-state index is -3.48. The molecule has 1 aliphatic rings. The van der Waals surface area contributed by atoms with Crippen molar-refractivity contribution in [3.63, 3.8) is 0 Å². The summed E-state index contributed by atoms with van der Waals surface area (Å²) in [5.41, 5.74) is 2.41. The summed E-state index contributed by atoms with van der Waals surface area (Å²) >= 11 is 0. The maximum atomic E-state index is 12.1. The van der Waals surface area contributed by atoms with Gasteiger partial charge in [0.1, 0.15) is 5.69 Å². The van der Waals surface area contributed by atoms with Crippen LogP contribution in [0.15, 0.2) is 35.4 Å². The van der Waals surface area contributed by atoms with Gasteiger partial charge >= 0.3 is 0 Å². The lowest BCUT2D eigenvalue weighted by Gasteiger charge is -2.22. The molecule has 10 heteroatoms. The van der Waals surface area contributed by atoms with Gasteiger partial charge in [-0.25, -0.2) is 22.8 Å². The van der Waals surface area contributed by atoms with Crippen LogP contribution in [-0.2, 0) is 16.6 Å². The van der Waals surface area contributed by atoms with Crippen LogP contribution in [0.1, 0.15) is 32.6 Å². The molecule has 0 spiro atoms. The Balaban J connectivity index is 1.71. The Morgan fingerprint density at radius 1 is 1.19 bits per heavy atom. The number of nitrogens with one attached hydrogen (secondary N) is 3. The van der Waals surface area contributed by atoms with Crippen molar-refractivity contribution >= 4 is 27.0 Å². The Labute approximate surface area is 189 Å². The maximum absolute atomic E-state index is 12.1. The summed E-state index contributed by atoms with van der Waals surface area (Å²) in [5.74, 6) is 1.15. The van der Waals surface area contributed by atoms with Crippen LogP contribution in [0.3, 0.4) is 0 Å². The number of piperidine rings is 1. The molecule has 0 unspecified atom stereocenters. The fraction of sp³-hybridized carbons (Fsp3) is 0.500. The minimum Gasteiger partial charge on any atom is -0.354 e. The number of sulfonamides is 1. The second-order valence-electron chi connectivity index (χ2n) is 8.17. The molecular weight excluding hydrogens is 426 g/mol. The van der Waals surface area contributed by atoms with Crippen LogP contribution in [-0.4, -0.2) is 54.8 Å². The molecule has 1 aromatic carbocycles. The molecule has 1 saturated heterocycles. The summed E-state index contributed by atoms with van der Waals surface area (Å²) in [6, 6.07) is 6.77. The molecule has 3 N–H and O–H groups in total. The first-order valence-electron chi connectivity index (χ1n) is 11.2. The van der Waals surface area contributed by atoms with E-state index in [2.05, 4.69) is 27.3 Å². The Morgan fingerprint density at radius 3 is 2.62 bits per heavy atom. The lowest BCUT2D eigenvalue weighted by Crippen LogP contribution is -2.30. The van der Waals surface area contributed by atoms with E-state index in [9.17, 15) is 8.42 Å². The standard InChI is InChI=1S/C22H31N7O2S/c1-3-4-11-25-22-26-14-19-20(17-5-7-18(8-6-17)32(30,31)23-2)28-29(21(19)27-22)15-16-9-12-24-13-10-16/h5-8,14,16,23-24H,3-4,9-13,15H2,1-2H3,(H,25,26,27). The molecule has 0 amide bonds. The van der Waals surface area contributed by atoms with Gasteiger partial charge in [-0.3, -0.25) is 0 Å². The topological polar surface area (TPSA) is 114 Å². The minimum absolute atomic E-state index is 0.223. The maximum Gasteiger partial charge on any atom is 0.240 e. The largest absolute Gasteiger partial charge is 0.354 e. The zero-order valence-electron chi connectivity index (χ0n) is 18.6. The average molecular weight is 458 g/mol. The molecule has 3 heterocycles. The van der Waals surface area contributed by atoms with Gasteiger partial charge in [0.15, 0.2) is 5.65 Å². The SMILES string of the molecule is CCCCNc1ncc2c(-c3ccc(S(=O)(=O)NC)cc3)nn(CC3CCNCC3)c2n1. The van der Waals surface area contributed by atoms with E-state index in [1.54, 1.807) is 24.3 Å². The van der Waals surface area contributed by atoms with Crippen LogP contribution in [0.2, 0.25) is 0 Å². The van der Waals surface area contributed by atoms with Gasteiger partial charge in [-0.2, -0.15) is 10.1 Å². The number of benzene rings is 1. The molecule has 0 aliphatic carbocycles. The van der Waals surface area contributed by atoms with Crippen molar-refractivity contribution in [1.82, 2.24) is 29.8 Å². The van der Waals surface area contributed by atoms with Crippen molar-refractivity contribution in [2.75, 3.05) is 32.0 Å². The van der Waals surface area contributed by atoms with Gasteiger partial charge in [-0.1, -0.05) is 25.5 Å². The summed E-state index contributed by atoms with van der Waals surface area (Å²) < 4.78 is 28.5. The lowest BCUT2D eigenvalue weighted by molar-refractivity contribution is 0.325. The molecular formula is C22H31N7O2S. The van der Waals surface area contributed by atoms with Crippen LogP contribution in [0, 0.1) is 5.92 Å². The monoisotopic (exact) mass is 457 g/mol. The van der Waals surface area contributed by atoms with E-state index in [0.717, 1.165) is 74.2 Å². The van der Waals surface area contributed by atoms with Gasteiger partial charge in [-0.05, 0) is 57.5 Å². The number of fused-ring (bicyclic) bond motifs is 1. The zero-order chi connectivity index (χ0) is 22.6. The van der Waals surface area contributed by atoms with Gasteiger partial charge in [0.25, 0.3) is 0 Å². The predicted molar refractivity (Wildman–Crippen MR) is 126 cm³/mol. The van der Waals surface area contributed by atoms with Crippen molar-refractivity contribution in [3.05, 3.63) is 30.5 Å². The lowest BCUT2D eigenvalue weighted by atomic mass is 9.98. The Bertz CT molecular complexity index is 1150. The fourth-order valence-electron chi connectivity index (χ4n) is 3.98. The second-order valence-corrected chi connectivity index (χ2v) is 10.1. The van der Waals surface area contributed by atoms with Crippen LogP contribution in [0.4, 0.5) is 5.95 Å². The highest BCUT2D eigenvalue weighted by atomic mass is 32.2. The van der Waals surface area contributed by atoms with E-state index in [0.29, 0.717) is 11.9 Å². The van der Waals surface area contributed by atoms with E-state index in [1.165, 1.54) is 7.05 Å². The first-order chi connectivity index (χ1) is 15.5. The summed E-state index contributed by atoms with van der Waals surface area (Å²) in [7, 11) is -2.08. The first kappa shape index (κ1) is 22.6. The van der Waals surface area contributed by atoms with Gasteiger partial charge < -0.3 is 10.6 Å². The normalized spacial score (nSPS) is 15.3. The van der Waals surface area contributed by atoms with Crippen molar-refractivity contribution < 1.29 is 8.42 Å². The summed E-state index contributed by atoms with van der Waals surface area (Å²) in [6.45, 7) is 5.83. The van der Waals surface area contributed by atoms with E-state index < -0.39 is 10.0 Å². The van der Waals surface area contributed by atoms with E-state index in [-0.39, 0.29) is 4.90 Å². The molecule has 4 rings (SSSR count). The fourth-order valence-corrected chi connectivity index (χ4v) is 4.71. The van der Waals surface area contributed by atoms with Crippen molar-refractivity contribution in [2.45, 2.75) is 44.0 Å². The van der Waals surface area contributed by atoms with Crippen LogP contribution in [0.5, 0.6) is 0 Å². The molecule has 3 aromatic rings. The Kier molecular flexibility index (Phi) is 7.02. The molecule has 9 nitrogen and oxygen atoms in total. The molecule has 172 valence electrons.